The summed E-state index contributed by atoms with van der Waals surface area (Å²) in [5, 5.41) is 14.0. The lowest BCUT2D eigenvalue weighted by Gasteiger charge is -2.31. The van der Waals surface area contributed by atoms with Crippen molar-refractivity contribution in [2.24, 2.45) is 0 Å². The molecular formula is C30H27F4N3O4. The van der Waals surface area contributed by atoms with Crippen LogP contribution in [0.2, 0.25) is 0 Å². The highest BCUT2D eigenvalue weighted by Gasteiger charge is 2.57. The summed E-state index contributed by atoms with van der Waals surface area (Å²) in [5.41, 5.74) is -2.06. The zero-order valence-electron chi connectivity index (χ0n) is 22.5. The smallest absolute Gasteiger partial charge is 0.424 e. The van der Waals surface area contributed by atoms with Gasteiger partial charge in [-0.3, -0.25) is 9.78 Å². The van der Waals surface area contributed by atoms with E-state index >= 15 is 0 Å². The maximum absolute atomic E-state index is 14.5. The monoisotopic (exact) mass is 569 g/mol. The molecule has 3 heterocycles. The molecule has 0 saturated carbocycles. The third kappa shape index (κ3) is 5.17. The van der Waals surface area contributed by atoms with E-state index in [4.69, 9.17) is 9.47 Å². The first kappa shape index (κ1) is 28.3. The quantitative estimate of drug-likeness (QED) is 0.278. The van der Waals surface area contributed by atoms with Crippen LogP contribution in [0.25, 0.3) is 22.2 Å². The highest BCUT2D eigenvalue weighted by atomic mass is 19.4. The number of pyridine rings is 2. The minimum absolute atomic E-state index is 0.0323. The van der Waals surface area contributed by atoms with Crippen molar-refractivity contribution in [3.8, 4) is 22.8 Å². The van der Waals surface area contributed by atoms with Crippen LogP contribution >= 0.6 is 0 Å². The molecule has 2 aromatic heterocycles. The Hall–Kier alpha value is -4.25. The molecule has 2 atom stereocenters. The fourth-order valence-corrected chi connectivity index (χ4v) is 4.77. The van der Waals surface area contributed by atoms with E-state index in [1.54, 1.807) is 13.1 Å². The second-order valence-corrected chi connectivity index (χ2v) is 9.98. The molecule has 1 aliphatic rings. The lowest BCUT2D eigenvalue weighted by atomic mass is 9.92. The number of carbonyl (C=O) groups excluding carboxylic acids is 1. The number of benzene rings is 2. The first-order valence-electron chi connectivity index (χ1n) is 12.9. The van der Waals surface area contributed by atoms with Gasteiger partial charge in [0.15, 0.2) is 0 Å². The van der Waals surface area contributed by atoms with Gasteiger partial charge in [0.25, 0.3) is 5.91 Å². The predicted octanol–water partition coefficient (Wildman–Crippen LogP) is 5.68. The van der Waals surface area contributed by atoms with Gasteiger partial charge in [-0.2, -0.15) is 13.2 Å². The molecule has 4 aromatic rings. The number of aromatic nitrogens is 2. The molecule has 0 unspecified atom stereocenters. The molecule has 0 saturated heterocycles. The van der Waals surface area contributed by atoms with E-state index < -0.39 is 35.7 Å². The van der Waals surface area contributed by atoms with Gasteiger partial charge in [-0.25, -0.2) is 9.37 Å². The number of rotatable bonds is 7. The van der Waals surface area contributed by atoms with Crippen LogP contribution in [0.3, 0.4) is 0 Å². The largest absolute Gasteiger partial charge is 0.494 e. The number of aliphatic hydroxyl groups is 1. The molecule has 0 spiro atoms. The van der Waals surface area contributed by atoms with Crippen molar-refractivity contribution in [1.29, 1.82) is 0 Å². The van der Waals surface area contributed by atoms with Crippen molar-refractivity contribution < 1.29 is 36.9 Å². The van der Waals surface area contributed by atoms with Gasteiger partial charge in [0.2, 0.25) is 5.60 Å². The van der Waals surface area contributed by atoms with Gasteiger partial charge in [0.05, 0.1) is 26.0 Å². The first-order valence-corrected chi connectivity index (χ1v) is 12.9. The molecule has 41 heavy (non-hydrogen) atoms. The number of nitrogens with one attached hydrogen (secondary N) is 1. The topological polar surface area (TPSA) is 93.6 Å². The molecule has 2 N–H and O–H groups in total. The second kappa shape index (κ2) is 10.6. The van der Waals surface area contributed by atoms with E-state index in [9.17, 15) is 27.5 Å². The zero-order chi connectivity index (χ0) is 29.5. The Morgan fingerprint density at radius 3 is 2.56 bits per heavy atom. The maximum Gasteiger partial charge on any atom is 0.424 e. The number of alkyl halides is 3. The lowest BCUT2D eigenvalue weighted by molar-refractivity contribution is -0.265. The Balaban J connectivity index is 1.53. The summed E-state index contributed by atoms with van der Waals surface area (Å²) < 4.78 is 68.2. The first-order chi connectivity index (χ1) is 19.4. The van der Waals surface area contributed by atoms with Crippen LogP contribution in [0.5, 0.6) is 11.5 Å². The number of nitrogens with zero attached hydrogens (tertiary/aromatic N) is 2. The molecule has 1 amide bonds. The SMILES string of the molecule is CCc1cnc2c(OC)cc(C(=O)NC[C@](O)(c3cc4c(c(-c5ccc(F)cc5)n3)OC[C@H]4C)C(F)(F)F)cc2c1. The van der Waals surface area contributed by atoms with Gasteiger partial charge in [-0.1, -0.05) is 13.8 Å². The van der Waals surface area contributed by atoms with Crippen LogP contribution in [0.15, 0.2) is 54.7 Å². The molecule has 5 rings (SSSR count). The van der Waals surface area contributed by atoms with E-state index in [1.807, 2.05) is 13.0 Å². The van der Waals surface area contributed by atoms with E-state index in [2.05, 4.69) is 15.3 Å². The van der Waals surface area contributed by atoms with Crippen LogP contribution in [-0.2, 0) is 12.0 Å². The van der Waals surface area contributed by atoms with Crippen LogP contribution in [-0.4, -0.2) is 47.4 Å². The van der Waals surface area contributed by atoms with Crippen molar-refractivity contribution in [3.05, 3.63) is 82.9 Å². The van der Waals surface area contributed by atoms with Crippen LogP contribution < -0.4 is 14.8 Å². The van der Waals surface area contributed by atoms with Crippen LogP contribution in [0, 0.1) is 5.82 Å². The average Bonchev–Trinajstić information content (AvgIpc) is 3.34. The minimum Gasteiger partial charge on any atom is -0.494 e. The fraction of sp³-hybridized carbons (Fsp3) is 0.300. The standard InChI is InChI=1S/C30H27F4N3O4/c1-4-17-9-19-10-20(11-23(40-3)25(19)35-13-17)28(38)36-15-29(39,30(32,33)34)24-12-22-16(2)14-41-27(22)26(37-24)18-5-7-21(31)8-6-18/h5-13,16,39H,4,14-15H2,1-3H3,(H,36,38)/t16-,29+/m1/s1. The summed E-state index contributed by atoms with van der Waals surface area (Å²) in [6.07, 6.45) is -2.84. The molecule has 214 valence electrons. The molecule has 0 fully saturated rings. The number of methoxy groups -OCH3 is 1. The van der Waals surface area contributed by atoms with Crippen molar-refractivity contribution in [1.82, 2.24) is 15.3 Å². The normalized spacial score (nSPS) is 16.1. The zero-order valence-corrected chi connectivity index (χ0v) is 22.5. The summed E-state index contributed by atoms with van der Waals surface area (Å²) in [5.74, 6) is -1.13. The van der Waals surface area contributed by atoms with E-state index in [-0.39, 0.29) is 35.3 Å². The third-order valence-corrected chi connectivity index (χ3v) is 7.22. The Labute approximate surface area is 233 Å². The van der Waals surface area contributed by atoms with E-state index in [0.717, 1.165) is 23.8 Å². The van der Waals surface area contributed by atoms with Gasteiger partial charge in [-0.15, -0.1) is 0 Å². The number of fused-ring (bicyclic) bond motifs is 2. The molecular weight excluding hydrogens is 542 g/mol. The fourth-order valence-electron chi connectivity index (χ4n) is 4.77. The summed E-state index contributed by atoms with van der Waals surface area (Å²) in [7, 11) is 1.40. The number of aryl methyl sites for hydroxylation is 1. The summed E-state index contributed by atoms with van der Waals surface area (Å²) in [6, 6.07) is 10.9. The Morgan fingerprint density at radius 1 is 1.17 bits per heavy atom. The number of amides is 1. The highest BCUT2D eigenvalue weighted by Crippen LogP contribution is 2.45. The Morgan fingerprint density at radius 2 is 1.90 bits per heavy atom. The highest BCUT2D eigenvalue weighted by molar-refractivity contribution is 6.00. The van der Waals surface area contributed by atoms with E-state index in [1.165, 1.54) is 31.4 Å². The van der Waals surface area contributed by atoms with Crippen molar-refractivity contribution in [3.63, 3.8) is 0 Å². The molecule has 0 radical (unpaired) electrons. The van der Waals surface area contributed by atoms with Crippen molar-refractivity contribution in [2.75, 3.05) is 20.3 Å². The minimum atomic E-state index is -5.22. The molecule has 0 aliphatic carbocycles. The summed E-state index contributed by atoms with van der Waals surface area (Å²) in [6.45, 7) is 2.70. The second-order valence-electron chi connectivity index (χ2n) is 9.98. The van der Waals surface area contributed by atoms with E-state index in [0.29, 0.717) is 28.5 Å². The van der Waals surface area contributed by atoms with Crippen LogP contribution in [0.4, 0.5) is 17.6 Å². The number of halogens is 4. The summed E-state index contributed by atoms with van der Waals surface area (Å²) in [4.78, 5) is 21.7. The number of hydrogen-bond acceptors (Lipinski definition) is 6. The molecule has 11 heteroatoms. The Kier molecular flexibility index (Phi) is 7.33. The number of carbonyl (C=O) groups is 1. The lowest BCUT2D eigenvalue weighted by Crippen LogP contribution is -2.51. The van der Waals surface area contributed by atoms with Gasteiger partial charge < -0.3 is 19.9 Å². The number of ether oxygens (including phenoxy) is 2. The number of hydrogen-bond donors (Lipinski definition) is 2. The van der Waals surface area contributed by atoms with Gasteiger partial charge >= 0.3 is 6.18 Å². The predicted molar refractivity (Wildman–Crippen MR) is 143 cm³/mol. The molecule has 1 aliphatic heterocycles. The van der Waals surface area contributed by atoms with Gasteiger partial charge in [0.1, 0.15) is 28.5 Å². The van der Waals surface area contributed by atoms with Crippen LogP contribution in [0.1, 0.15) is 46.9 Å². The van der Waals surface area contributed by atoms with Crippen molar-refractivity contribution in [2.45, 2.75) is 38.0 Å². The summed E-state index contributed by atoms with van der Waals surface area (Å²) >= 11 is 0. The average molecular weight is 570 g/mol. The van der Waals surface area contributed by atoms with Gasteiger partial charge in [0, 0.05) is 34.2 Å². The Bertz CT molecular complexity index is 1630. The molecule has 7 nitrogen and oxygen atoms in total. The van der Waals surface area contributed by atoms with Crippen molar-refractivity contribution >= 4 is 16.8 Å². The molecule has 0 bridgehead atoms. The van der Waals surface area contributed by atoms with Gasteiger partial charge in [-0.05, 0) is 60.5 Å². The molecule has 2 aromatic carbocycles. The third-order valence-electron chi connectivity index (χ3n) is 7.22. The maximum atomic E-state index is 14.5.